The molecule has 1 fully saturated rings. The maximum absolute atomic E-state index is 12.6. The molecule has 0 radical (unpaired) electrons. The molecule has 1 saturated heterocycles. The highest BCUT2D eigenvalue weighted by molar-refractivity contribution is 5.95. The van der Waals surface area contributed by atoms with Gasteiger partial charge in [0.1, 0.15) is 5.82 Å². The fourth-order valence-electron chi connectivity index (χ4n) is 3.04. The van der Waals surface area contributed by atoms with Gasteiger partial charge in [-0.15, -0.1) is 0 Å². The summed E-state index contributed by atoms with van der Waals surface area (Å²) in [5.74, 6) is 0.678. The first-order valence-electron chi connectivity index (χ1n) is 8.34. The first kappa shape index (κ1) is 15.5. The van der Waals surface area contributed by atoms with Crippen LogP contribution in [-0.4, -0.2) is 43.7 Å². The third-order valence-corrected chi connectivity index (χ3v) is 4.38. The molecular weight excluding hydrogens is 318 g/mol. The van der Waals surface area contributed by atoms with Gasteiger partial charge in [0.25, 0.3) is 5.91 Å². The largest absolute Gasteiger partial charge is 0.356 e. The number of nitrogens with zero attached hydrogens (tertiary/aromatic N) is 6. The number of rotatable bonds is 4. The minimum atomic E-state index is -0.291. The van der Waals surface area contributed by atoms with Gasteiger partial charge in [-0.1, -0.05) is 0 Å². The zero-order chi connectivity index (χ0) is 17.2. The number of hydrogen-bond donors (Lipinski definition) is 1. The fraction of sp³-hybridized carbons (Fsp3) is 0.353. The number of hydrogen-bond acceptors (Lipinski definition) is 6. The minimum Gasteiger partial charge on any atom is -0.356 e. The van der Waals surface area contributed by atoms with Crippen LogP contribution in [0, 0.1) is 0 Å². The predicted octanol–water partition coefficient (Wildman–Crippen LogP) is 1.29. The summed E-state index contributed by atoms with van der Waals surface area (Å²) >= 11 is 0. The van der Waals surface area contributed by atoms with Crippen LogP contribution in [0.5, 0.6) is 0 Å². The van der Waals surface area contributed by atoms with Crippen molar-refractivity contribution in [3.05, 3.63) is 42.1 Å². The SMILES string of the molecule is Cn1ncc2c(N3CCCC3)nc(C(=O)NCc3ccncc3)nc21. The molecule has 3 aromatic heterocycles. The lowest BCUT2D eigenvalue weighted by Gasteiger charge is -2.17. The van der Waals surface area contributed by atoms with Gasteiger partial charge in [-0.05, 0) is 30.5 Å². The van der Waals surface area contributed by atoms with Crippen molar-refractivity contribution in [1.29, 1.82) is 0 Å². The number of fused-ring (bicyclic) bond motifs is 1. The Morgan fingerprint density at radius 1 is 1.20 bits per heavy atom. The summed E-state index contributed by atoms with van der Waals surface area (Å²) in [6.07, 6.45) is 7.43. The number of carbonyl (C=O) groups is 1. The van der Waals surface area contributed by atoms with Crippen LogP contribution in [0.3, 0.4) is 0 Å². The summed E-state index contributed by atoms with van der Waals surface area (Å²) in [7, 11) is 1.82. The van der Waals surface area contributed by atoms with E-state index in [1.807, 2.05) is 19.2 Å². The van der Waals surface area contributed by atoms with E-state index in [1.165, 1.54) is 0 Å². The second kappa shape index (κ2) is 6.46. The summed E-state index contributed by atoms with van der Waals surface area (Å²) in [6, 6.07) is 3.72. The Labute approximate surface area is 144 Å². The van der Waals surface area contributed by atoms with Gasteiger partial charge in [0, 0.05) is 39.1 Å². The maximum atomic E-state index is 12.6. The van der Waals surface area contributed by atoms with Crippen LogP contribution in [0.2, 0.25) is 0 Å². The number of nitrogens with one attached hydrogen (secondary N) is 1. The Morgan fingerprint density at radius 3 is 2.72 bits per heavy atom. The van der Waals surface area contributed by atoms with E-state index in [1.54, 1.807) is 23.3 Å². The van der Waals surface area contributed by atoms with Crippen LogP contribution in [-0.2, 0) is 13.6 Å². The van der Waals surface area contributed by atoms with Crippen LogP contribution in [0.1, 0.15) is 29.0 Å². The Balaban J connectivity index is 1.64. The molecule has 1 N–H and O–H groups in total. The normalized spacial score (nSPS) is 14.2. The van der Waals surface area contributed by atoms with Crippen LogP contribution in [0.15, 0.2) is 30.7 Å². The summed E-state index contributed by atoms with van der Waals surface area (Å²) in [4.78, 5) is 27.7. The quantitative estimate of drug-likeness (QED) is 0.772. The van der Waals surface area contributed by atoms with Crippen LogP contribution < -0.4 is 10.2 Å². The van der Waals surface area contributed by atoms with Crippen LogP contribution in [0.4, 0.5) is 5.82 Å². The van der Waals surface area contributed by atoms with Gasteiger partial charge < -0.3 is 10.2 Å². The van der Waals surface area contributed by atoms with Gasteiger partial charge in [0.05, 0.1) is 11.6 Å². The van der Waals surface area contributed by atoms with Crippen molar-refractivity contribution in [3.63, 3.8) is 0 Å². The number of aryl methyl sites for hydroxylation is 1. The Kier molecular flexibility index (Phi) is 4.01. The van der Waals surface area contributed by atoms with Gasteiger partial charge in [0.2, 0.25) is 5.82 Å². The molecule has 25 heavy (non-hydrogen) atoms. The van der Waals surface area contributed by atoms with E-state index in [0.29, 0.717) is 12.2 Å². The standard InChI is InChI=1S/C17H19N7O/c1-23-15-13(11-20-23)16(24-8-2-3-9-24)22-14(21-15)17(25)19-10-12-4-6-18-7-5-12/h4-7,11H,2-3,8-10H2,1H3,(H,19,25). The van der Waals surface area contributed by atoms with Crippen molar-refractivity contribution in [2.45, 2.75) is 19.4 Å². The second-order valence-electron chi connectivity index (χ2n) is 6.11. The topological polar surface area (TPSA) is 88.8 Å². The van der Waals surface area contributed by atoms with Crippen molar-refractivity contribution >= 4 is 22.8 Å². The molecule has 1 amide bonds. The van der Waals surface area contributed by atoms with Crippen LogP contribution in [0.25, 0.3) is 11.0 Å². The van der Waals surface area contributed by atoms with E-state index >= 15 is 0 Å². The lowest BCUT2D eigenvalue weighted by Crippen LogP contribution is -2.27. The highest BCUT2D eigenvalue weighted by Gasteiger charge is 2.22. The lowest BCUT2D eigenvalue weighted by molar-refractivity contribution is 0.0941. The van der Waals surface area contributed by atoms with E-state index in [4.69, 9.17) is 0 Å². The van der Waals surface area contributed by atoms with Gasteiger partial charge in [-0.25, -0.2) is 9.97 Å². The van der Waals surface area contributed by atoms with Crippen molar-refractivity contribution in [2.75, 3.05) is 18.0 Å². The molecule has 0 saturated carbocycles. The lowest BCUT2D eigenvalue weighted by atomic mass is 10.2. The Bertz CT molecular complexity index is 900. The molecule has 8 nitrogen and oxygen atoms in total. The third kappa shape index (κ3) is 3.02. The maximum Gasteiger partial charge on any atom is 0.289 e. The molecule has 0 aliphatic carbocycles. The van der Waals surface area contributed by atoms with Crippen molar-refractivity contribution < 1.29 is 4.79 Å². The molecule has 1 aliphatic heterocycles. The Hall–Kier alpha value is -3.03. The Morgan fingerprint density at radius 2 is 1.96 bits per heavy atom. The molecule has 1 aliphatic rings. The third-order valence-electron chi connectivity index (χ3n) is 4.38. The molecule has 4 heterocycles. The summed E-state index contributed by atoms with van der Waals surface area (Å²) in [6.45, 7) is 2.30. The highest BCUT2D eigenvalue weighted by atomic mass is 16.2. The molecule has 0 unspecified atom stereocenters. The number of carbonyl (C=O) groups excluding carboxylic acids is 1. The van der Waals surface area contributed by atoms with Crippen molar-refractivity contribution in [2.24, 2.45) is 7.05 Å². The highest BCUT2D eigenvalue weighted by Crippen LogP contribution is 2.26. The average Bonchev–Trinajstić information content (AvgIpc) is 3.30. The van der Waals surface area contributed by atoms with Gasteiger partial charge in [-0.3, -0.25) is 14.5 Å². The first-order valence-corrected chi connectivity index (χ1v) is 8.34. The molecular formula is C17H19N7O. The smallest absolute Gasteiger partial charge is 0.289 e. The first-order chi connectivity index (χ1) is 12.2. The van der Waals surface area contributed by atoms with E-state index in [0.717, 1.165) is 42.7 Å². The fourth-order valence-corrected chi connectivity index (χ4v) is 3.04. The number of pyridine rings is 1. The summed E-state index contributed by atoms with van der Waals surface area (Å²) < 4.78 is 1.68. The molecule has 0 aromatic carbocycles. The minimum absolute atomic E-state index is 0.173. The molecule has 8 heteroatoms. The molecule has 0 atom stereocenters. The molecule has 4 rings (SSSR count). The van der Waals surface area contributed by atoms with Gasteiger partial charge >= 0.3 is 0 Å². The molecule has 128 valence electrons. The molecule has 3 aromatic rings. The zero-order valence-electron chi connectivity index (χ0n) is 14.0. The van der Waals surface area contributed by atoms with Gasteiger partial charge in [0.15, 0.2) is 5.65 Å². The predicted molar refractivity (Wildman–Crippen MR) is 93.2 cm³/mol. The molecule has 0 bridgehead atoms. The molecule has 0 spiro atoms. The summed E-state index contributed by atoms with van der Waals surface area (Å²) in [5.41, 5.74) is 1.65. The van der Waals surface area contributed by atoms with E-state index < -0.39 is 0 Å². The number of anilines is 1. The average molecular weight is 337 g/mol. The van der Waals surface area contributed by atoms with Gasteiger partial charge in [-0.2, -0.15) is 5.10 Å². The monoisotopic (exact) mass is 337 g/mol. The zero-order valence-corrected chi connectivity index (χ0v) is 14.0. The van der Waals surface area contributed by atoms with E-state index in [-0.39, 0.29) is 11.7 Å². The van der Waals surface area contributed by atoms with Crippen molar-refractivity contribution in [1.82, 2.24) is 30.0 Å². The summed E-state index contributed by atoms with van der Waals surface area (Å²) in [5, 5.41) is 8.02. The number of aromatic nitrogens is 5. The van der Waals surface area contributed by atoms with E-state index in [9.17, 15) is 4.79 Å². The second-order valence-corrected chi connectivity index (χ2v) is 6.11. The van der Waals surface area contributed by atoms with Crippen LogP contribution >= 0.6 is 0 Å². The van der Waals surface area contributed by atoms with E-state index in [2.05, 4.69) is 30.3 Å². The number of amides is 1. The van der Waals surface area contributed by atoms with Crippen molar-refractivity contribution in [3.8, 4) is 0 Å².